The molecule has 0 bridgehead atoms. The molecule has 0 aliphatic carbocycles. The molecule has 9 heteroatoms. The van der Waals surface area contributed by atoms with Crippen molar-refractivity contribution in [2.75, 3.05) is 20.7 Å². The van der Waals surface area contributed by atoms with Crippen LogP contribution in [0.25, 0.3) is 22.5 Å². The lowest BCUT2D eigenvalue weighted by molar-refractivity contribution is 0.0946. The zero-order valence-corrected chi connectivity index (χ0v) is 19.7. The number of H-pyrrole nitrogens is 2. The minimum atomic E-state index is -0.191. The summed E-state index contributed by atoms with van der Waals surface area (Å²) in [6, 6.07) is 13.7. The van der Waals surface area contributed by atoms with Gasteiger partial charge in [0.15, 0.2) is 0 Å². The average Bonchev–Trinajstić information content (AvgIpc) is 3.58. The van der Waals surface area contributed by atoms with Crippen LogP contribution in [-0.4, -0.2) is 51.9 Å². The van der Waals surface area contributed by atoms with Crippen LogP contribution in [0.1, 0.15) is 27.2 Å². The molecule has 1 aliphatic rings. The Morgan fingerprint density at radius 2 is 1.94 bits per heavy atom. The number of aromatic nitrogens is 4. The highest BCUT2D eigenvalue weighted by Crippen LogP contribution is 2.32. The van der Waals surface area contributed by atoms with Crippen LogP contribution < -0.4 is 10.1 Å². The first-order valence-electron chi connectivity index (χ1n) is 11.0. The number of nitrogens with zero attached hydrogens (tertiary/aromatic N) is 3. The first kappa shape index (κ1) is 22.2. The van der Waals surface area contributed by atoms with Crippen molar-refractivity contribution in [3.8, 4) is 28.3 Å². The van der Waals surface area contributed by atoms with Crippen molar-refractivity contribution in [3.05, 3.63) is 76.1 Å². The van der Waals surface area contributed by atoms with Crippen LogP contribution in [0.5, 0.6) is 5.75 Å². The van der Waals surface area contributed by atoms with Crippen molar-refractivity contribution in [3.63, 3.8) is 0 Å². The second kappa shape index (κ2) is 9.32. The molecule has 0 unspecified atom stereocenters. The number of aromatic amines is 2. The molecular formula is C25H25ClN6O2. The van der Waals surface area contributed by atoms with E-state index in [1.165, 1.54) is 5.56 Å². The summed E-state index contributed by atoms with van der Waals surface area (Å²) < 4.78 is 5.54. The van der Waals surface area contributed by atoms with Crippen molar-refractivity contribution < 1.29 is 9.53 Å². The van der Waals surface area contributed by atoms with Crippen molar-refractivity contribution in [2.45, 2.75) is 19.5 Å². The Labute approximate surface area is 202 Å². The third kappa shape index (κ3) is 4.55. The van der Waals surface area contributed by atoms with Gasteiger partial charge < -0.3 is 19.9 Å². The molecule has 0 radical (unpaired) electrons. The highest BCUT2D eigenvalue weighted by Gasteiger charge is 2.18. The smallest absolute Gasteiger partial charge is 0.267 e. The largest absolute Gasteiger partial charge is 0.493 e. The van der Waals surface area contributed by atoms with Crippen LogP contribution in [0.4, 0.5) is 0 Å². The molecule has 0 saturated carbocycles. The molecule has 1 aliphatic heterocycles. The first-order valence-corrected chi connectivity index (χ1v) is 11.4. The number of carbonyl (C=O) groups is 1. The van der Waals surface area contributed by atoms with E-state index in [0.29, 0.717) is 35.3 Å². The number of rotatable bonds is 7. The fourth-order valence-electron chi connectivity index (χ4n) is 4.09. The molecule has 0 saturated heterocycles. The Balaban J connectivity index is 1.30. The quantitative estimate of drug-likeness (QED) is 0.374. The van der Waals surface area contributed by atoms with Gasteiger partial charge >= 0.3 is 0 Å². The third-order valence-corrected chi connectivity index (χ3v) is 6.12. The Morgan fingerprint density at radius 3 is 2.74 bits per heavy atom. The Morgan fingerprint density at radius 1 is 1.12 bits per heavy atom. The van der Waals surface area contributed by atoms with Gasteiger partial charge in [0.2, 0.25) is 0 Å². The van der Waals surface area contributed by atoms with Crippen LogP contribution in [-0.2, 0) is 19.5 Å². The number of hydrogen-bond acceptors (Lipinski definition) is 5. The maximum Gasteiger partial charge on any atom is 0.267 e. The number of fused-ring (bicyclic) bond motifs is 1. The van der Waals surface area contributed by atoms with Gasteiger partial charge in [0.25, 0.3) is 5.91 Å². The molecule has 174 valence electrons. The van der Waals surface area contributed by atoms with E-state index in [4.69, 9.17) is 16.3 Å². The summed E-state index contributed by atoms with van der Waals surface area (Å²) in [6.07, 6.45) is 2.66. The van der Waals surface area contributed by atoms with Crippen molar-refractivity contribution in [2.24, 2.45) is 0 Å². The summed E-state index contributed by atoms with van der Waals surface area (Å²) >= 11 is 6.50. The summed E-state index contributed by atoms with van der Waals surface area (Å²) in [7, 11) is 4.00. The van der Waals surface area contributed by atoms with Crippen molar-refractivity contribution in [1.82, 2.24) is 30.6 Å². The van der Waals surface area contributed by atoms with Crippen LogP contribution in [0.3, 0.4) is 0 Å². The van der Waals surface area contributed by atoms with Gasteiger partial charge in [-0.15, -0.1) is 0 Å². The summed E-state index contributed by atoms with van der Waals surface area (Å²) in [5, 5.41) is 15.0. The summed E-state index contributed by atoms with van der Waals surface area (Å²) in [5.41, 5.74) is 6.64. The standard InChI is InChI=1S/C25H25ClN6O2/c1-32(2)14-18-5-4-17(10-20(18)26)23-24(30-31-29-23)19-11-21(27-13-19)25(33)28-12-15-3-6-22-16(9-15)7-8-34-22/h3-6,9-11,13,27H,7-8,12,14H2,1-2H3,(H,28,33)(H,29,30,31). The van der Waals surface area contributed by atoms with Gasteiger partial charge in [-0.3, -0.25) is 4.79 Å². The van der Waals surface area contributed by atoms with E-state index in [2.05, 4.69) is 36.7 Å². The molecular weight excluding hydrogens is 452 g/mol. The monoisotopic (exact) mass is 476 g/mol. The Bertz CT molecular complexity index is 1340. The second-order valence-electron chi connectivity index (χ2n) is 8.59. The number of ether oxygens (including phenoxy) is 1. The molecule has 0 atom stereocenters. The van der Waals surface area contributed by atoms with Crippen molar-refractivity contribution >= 4 is 17.5 Å². The summed E-state index contributed by atoms with van der Waals surface area (Å²) in [5.74, 6) is 0.741. The van der Waals surface area contributed by atoms with Gasteiger partial charge in [-0.1, -0.05) is 35.9 Å². The fraction of sp³-hybridized carbons (Fsp3) is 0.240. The lowest BCUT2D eigenvalue weighted by Gasteiger charge is -2.12. The highest BCUT2D eigenvalue weighted by atomic mass is 35.5. The molecule has 2 aromatic heterocycles. The maximum atomic E-state index is 12.7. The lowest BCUT2D eigenvalue weighted by atomic mass is 10.0. The van der Waals surface area contributed by atoms with E-state index in [0.717, 1.165) is 41.0 Å². The molecule has 0 fully saturated rings. The van der Waals surface area contributed by atoms with Crippen LogP contribution in [0.15, 0.2) is 48.7 Å². The van der Waals surface area contributed by atoms with E-state index in [1.54, 1.807) is 12.3 Å². The Hall–Kier alpha value is -3.62. The van der Waals surface area contributed by atoms with Crippen molar-refractivity contribution in [1.29, 1.82) is 0 Å². The maximum absolute atomic E-state index is 12.7. The number of halogens is 1. The Kier molecular flexibility index (Phi) is 6.08. The van der Waals surface area contributed by atoms with Gasteiger partial charge in [-0.05, 0) is 49.0 Å². The van der Waals surface area contributed by atoms with E-state index in [-0.39, 0.29) is 5.91 Å². The number of nitrogens with one attached hydrogen (secondary N) is 3. The molecule has 5 rings (SSSR count). The minimum absolute atomic E-state index is 0.191. The number of amides is 1. The average molecular weight is 477 g/mol. The van der Waals surface area contributed by atoms with Crippen LogP contribution >= 0.6 is 11.6 Å². The lowest BCUT2D eigenvalue weighted by Crippen LogP contribution is -2.23. The highest BCUT2D eigenvalue weighted by molar-refractivity contribution is 6.31. The molecule has 2 aromatic carbocycles. The van der Waals surface area contributed by atoms with E-state index >= 15 is 0 Å². The molecule has 0 spiro atoms. The molecule has 34 heavy (non-hydrogen) atoms. The summed E-state index contributed by atoms with van der Waals surface area (Å²) in [6.45, 7) is 1.90. The van der Waals surface area contributed by atoms with Crippen LogP contribution in [0, 0.1) is 0 Å². The second-order valence-corrected chi connectivity index (χ2v) is 9.00. The molecule has 1 amide bonds. The predicted octanol–water partition coefficient (Wildman–Crippen LogP) is 4.05. The van der Waals surface area contributed by atoms with Gasteiger partial charge in [0.05, 0.1) is 6.61 Å². The number of benzene rings is 2. The first-order chi connectivity index (χ1) is 16.5. The fourth-order valence-corrected chi connectivity index (χ4v) is 4.33. The third-order valence-electron chi connectivity index (χ3n) is 5.77. The van der Waals surface area contributed by atoms with Gasteiger partial charge in [0.1, 0.15) is 22.8 Å². The molecule has 4 aromatic rings. The van der Waals surface area contributed by atoms with E-state index < -0.39 is 0 Å². The summed E-state index contributed by atoms with van der Waals surface area (Å²) in [4.78, 5) is 17.8. The van der Waals surface area contributed by atoms with Gasteiger partial charge in [0, 0.05) is 41.9 Å². The zero-order chi connectivity index (χ0) is 23.7. The van der Waals surface area contributed by atoms with E-state index in [9.17, 15) is 4.79 Å². The minimum Gasteiger partial charge on any atom is -0.493 e. The topological polar surface area (TPSA) is 98.9 Å². The zero-order valence-electron chi connectivity index (χ0n) is 19.0. The molecule has 8 nitrogen and oxygen atoms in total. The normalized spacial score (nSPS) is 12.6. The van der Waals surface area contributed by atoms with Gasteiger partial charge in [-0.2, -0.15) is 15.4 Å². The predicted molar refractivity (Wildman–Crippen MR) is 131 cm³/mol. The van der Waals surface area contributed by atoms with Gasteiger partial charge in [-0.25, -0.2) is 0 Å². The van der Waals surface area contributed by atoms with Crippen LogP contribution in [0.2, 0.25) is 5.02 Å². The number of hydrogen-bond donors (Lipinski definition) is 3. The SMILES string of the molecule is CN(C)Cc1ccc(-c2n[nH]nc2-c2c[nH]c(C(=O)NCc3ccc4c(c3)CCO4)c2)cc1Cl. The number of carbonyl (C=O) groups excluding carboxylic acids is 1. The van der Waals surface area contributed by atoms with E-state index in [1.807, 2.05) is 44.4 Å². The molecule has 3 heterocycles. The molecule has 3 N–H and O–H groups in total.